The number of hydrazone groups is 1. The highest BCUT2D eigenvalue weighted by Crippen LogP contribution is 2.10. The van der Waals surface area contributed by atoms with E-state index in [-0.39, 0.29) is 11.6 Å². The minimum Gasteiger partial charge on any atom is -0.508 e. The third kappa shape index (κ3) is 4.54. The molecule has 0 aliphatic rings. The van der Waals surface area contributed by atoms with Crippen LogP contribution in [-0.2, 0) is 0 Å². The SMILES string of the molecule is CC(=NNC(=S)Nc1ccc(F)cc1)c1ccc(O)cc1. The number of phenolic OH excluding ortho intramolecular Hbond substituents is 1. The standard InChI is InChI=1S/C15H14FN3OS/c1-10(11-2-8-14(20)9-3-11)18-19-15(21)17-13-6-4-12(16)5-7-13/h2-9,20H,1H3,(H2,17,19,21). The number of benzene rings is 2. The van der Waals surface area contributed by atoms with Crippen LogP contribution in [0.4, 0.5) is 10.1 Å². The van der Waals surface area contributed by atoms with E-state index < -0.39 is 0 Å². The fraction of sp³-hybridized carbons (Fsp3) is 0.0667. The second-order valence-electron chi connectivity index (χ2n) is 4.32. The number of anilines is 1. The van der Waals surface area contributed by atoms with Crippen LogP contribution in [0.15, 0.2) is 53.6 Å². The second-order valence-corrected chi connectivity index (χ2v) is 4.73. The second kappa shape index (κ2) is 6.81. The normalized spacial score (nSPS) is 11.0. The van der Waals surface area contributed by atoms with Crippen molar-refractivity contribution in [2.24, 2.45) is 5.10 Å². The zero-order valence-corrected chi connectivity index (χ0v) is 12.1. The van der Waals surface area contributed by atoms with Crippen molar-refractivity contribution in [3.63, 3.8) is 0 Å². The molecule has 0 saturated heterocycles. The molecule has 0 amide bonds. The van der Waals surface area contributed by atoms with E-state index in [9.17, 15) is 9.50 Å². The van der Waals surface area contributed by atoms with E-state index in [0.717, 1.165) is 11.3 Å². The highest BCUT2D eigenvalue weighted by molar-refractivity contribution is 7.80. The lowest BCUT2D eigenvalue weighted by atomic mass is 10.1. The Labute approximate surface area is 127 Å². The molecule has 0 heterocycles. The number of halogens is 1. The van der Waals surface area contributed by atoms with Gasteiger partial charge in [-0.2, -0.15) is 5.10 Å². The summed E-state index contributed by atoms with van der Waals surface area (Å²) in [6, 6.07) is 12.5. The van der Waals surface area contributed by atoms with E-state index in [1.54, 1.807) is 36.4 Å². The number of aromatic hydroxyl groups is 1. The molecule has 2 aromatic carbocycles. The third-order valence-corrected chi connectivity index (χ3v) is 2.91. The van der Waals surface area contributed by atoms with Gasteiger partial charge >= 0.3 is 0 Å². The minimum absolute atomic E-state index is 0.202. The Balaban J connectivity index is 1.94. The molecule has 0 aliphatic carbocycles. The first kappa shape index (κ1) is 14.9. The monoisotopic (exact) mass is 303 g/mol. The van der Waals surface area contributed by atoms with Gasteiger partial charge in [-0.15, -0.1) is 0 Å². The van der Waals surface area contributed by atoms with Gasteiger partial charge in [-0.3, -0.25) is 5.43 Å². The molecule has 6 heteroatoms. The average molecular weight is 303 g/mol. The molecule has 0 aromatic heterocycles. The third-order valence-electron chi connectivity index (χ3n) is 2.71. The molecule has 0 spiro atoms. The Hall–Kier alpha value is -2.47. The Morgan fingerprint density at radius 2 is 1.71 bits per heavy atom. The van der Waals surface area contributed by atoms with Gasteiger partial charge < -0.3 is 10.4 Å². The first-order valence-electron chi connectivity index (χ1n) is 6.21. The van der Waals surface area contributed by atoms with E-state index >= 15 is 0 Å². The number of nitrogens with one attached hydrogen (secondary N) is 2. The summed E-state index contributed by atoms with van der Waals surface area (Å²) >= 11 is 5.09. The van der Waals surface area contributed by atoms with Gasteiger partial charge in [0.15, 0.2) is 5.11 Å². The Bertz CT molecular complexity index is 654. The Morgan fingerprint density at radius 1 is 1.10 bits per heavy atom. The van der Waals surface area contributed by atoms with E-state index in [4.69, 9.17) is 12.2 Å². The molecule has 0 radical (unpaired) electrons. The van der Waals surface area contributed by atoms with Crippen LogP contribution in [0.2, 0.25) is 0 Å². The van der Waals surface area contributed by atoms with Crippen molar-refractivity contribution >= 4 is 28.7 Å². The number of thiocarbonyl (C=S) groups is 1. The summed E-state index contributed by atoms with van der Waals surface area (Å²) in [5.74, 6) is -0.103. The lowest BCUT2D eigenvalue weighted by Gasteiger charge is -2.08. The maximum Gasteiger partial charge on any atom is 0.191 e. The summed E-state index contributed by atoms with van der Waals surface area (Å²) in [5.41, 5.74) is 4.97. The van der Waals surface area contributed by atoms with Gasteiger partial charge in [-0.25, -0.2) is 4.39 Å². The van der Waals surface area contributed by atoms with Crippen molar-refractivity contribution in [1.82, 2.24) is 5.43 Å². The molecule has 108 valence electrons. The molecule has 21 heavy (non-hydrogen) atoms. The molecule has 0 aliphatic heterocycles. The Kier molecular flexibility index (Phi) is 4.84. The van der Waals surface area contributed by atoms with E-state index in [2.05, 4.69) is 15.8 Å². The molecule has 2 rings (SSSR count). The first-order chi connectivity index (χ1) is 10.0. The number of phenols is 1. The molecule has 0 atom stereocenters. The van der Waals surface area contributed by atoms with Crippen molar-refractivity contribution in [2.75, 3.05) is 5.32 Å². The first-order valence-corrected chi connectivity index (χ1v) is 6.61. The molecule has 4 nitrogen and oxygen atoms in total. The summed E-state index contributed by atoms with van der Waals surface area (Å²) < 4.78 is 12.8. The van der Waals surface area contributed by atoms with Gasteiger partial charge in [-0.1, -0.05) is 0 Å². The predicted molar refractivity (Wildman–Crippen MR) is 86.1 cm³/mol. The quantitative estimate of drug-likeness (QED) is 0.463. The fourth-order valence-electron chi connectivity index (χ4n) is 1.59. The van der Waals surface area contributed by atoms with Gasteiger partial charge in [0, 0.05) is 5.69 Å². The number of hydrogen-bond donors (Lipinski definition) is 3. The van der Waals surface area contributed by atoms with E-state index in [1.807, 2.05) is 6.92 Å². The van der Waals surface area contributed by atoms with Crippen molar-refractivity contribution in [3.05, 3.63) is 59.9 Å². The number of rotatable bonds is 3. The maximum absolute atomic E-state index is 12.8. The molecule has 0 bridgehead atoms. The van der Waals surface area contributed by atoms with Gasteiger partial charge in [0.25, 0.3) is 0 Å². The van der Waals surface area contributed by atoms with Crippen molar-refractivity contribution in [3.8, 4) is 5.75 Å². The molecule has 0 fully saturated rings. The van der Waals surface area contributed by atoms with Crippen LogP contribution < -0.4 is 10.7 Å². The largest absolute Gasteiger partial charge is 0.508 e. The predicted octanol–water partition coefficient (Wildman–Crippen LogP) is 3.24. The molecule has 2 aromatic rings. The lowest BCUT2D eigenvalue weighted by Crippen LogP contribution is -2.24. The van der Waals surface area contributed by atoms with Crippen molar-refractivity contribution in [1.29, 1.82) is 0 Å². The van der Waals surface area contributed by atoms with Gasteiger partial charge in [0.05, 0.1) is 5.71 Å². The summed E-state index contributed by atoms with van der Waals surface area (Å²) in [6.07, 6.45) is 0. The zero-order chi connectivity index (χ0) is 15.2. The summed E-state index contributed by atoms with van der Waals surface area (Å²) in [4.78, 5) is 0. The Morgan fingerprint density at radius 3 is 2.33 bits per heavy atom. The highest BCUT2D eigenvalue weighted by atomic mass is 32.1. The topological polar surface area (TPSA) is 56.7 Å². The van der Waals surface area contributed by atoms with Crippen LogP contribution in [-0.4, -0.2) is 15.9 Å². The number of hydrogen-bond acceptors (Lipinski definition) is 3. The van der Waals surface area contributed by atoms with Crippen LogP contribution in [0.25, 0.3) is 0 Å². The van der Waals surface area contributed by atoms with E-state index in [1.165, 1.54) is 12.1 Å². The molecular weight excluding hydrogens is 289 g/mol. The summed E-state index contributed by atoms with van der Waals surface area (Å²) in [7, 11) is 0. The molecule has 0 saturated carbocycles. The van der Waals surface area contributed by atoms with E-state index in [0.29, 0.717) is 10.8 Å². The molecule has 0 unspecified atom stereocenters. The van der Waals surface area contributed by atoms with Crippen LogP contribution in [0, 0.1) is 5.82 Å². The maximum atomic E-state index is 12.8. The average Bonchev–Trinajstić information content (AvgIpc) is 2.48. The molecular formula is C15H14FN3OS. The smallest absolute Gasteiger partial charge is 0.191 e. The summed E-state index contributed by atoms with van der Waals surface area (Å²) in [6.45, 7) is 1.82. The lowest BCUT2D eigenvalue weighted by molar-refractivity contribution is 0.475. The van der Waals surface area contributed by atoms with Crippen molar-refractivity contribution < 1.29 is 9.50 Å². The minimum atomic E-state index is -0.305. The van der Waals surface area contributed by atoms with Crippen LogP contribution in [0.1, 0.15) is 12.5 Å². The fourth-order valence-corrected chi connectivity index (χ4v) is 1.76. The molecule has 3 N–H and O–H groups in total. The zero-order valence-electron chi connectivity index (χ0n) is 11.3. The van der Waals surface area contributed by atoms with Crippen LogP contribution >= 0.6 is 12.2 Å². The van der Waals surface area contributed by atoms with Crippen LogP contribution in [0.5, 0.6) is 5.75 Å². The van der Waals surface area contributed by atoms with Gasteiger partial charge in [-0.05, 0) is 73.2 Å². The van der Waals surface area contributed by atoms with Crippen LogP contribution in [0.3, 0.4) is 0 Å². The summed E-state index contributed by atoms with van der Waals surface area (Å²) in [5, 5.41) is 16.6. The van der Waals surface area contributed by atoms with Gasteiger partial charge in [0.1, 0.15) is 11.6 Å². The highest BCUT2D eigenvalue weighted by Gasteiger charge is 2.00. The van der Waals surface area contributed by atoms with Crippen molar-refractivity contribution in [2.45, 2.75) is 6.92 Å². The number of nitrogens with zero attached hydrogens (tertiary/aromatic N) is 1. The van der Waals surface area contributed by atoms with Gasteiger partial charge in [0.2, 0.25) is 0 Å².